The molecule has 29 heavy (non-hydrogen) atoms. The number of hydrogen-bond acceptors (Lipinski definition) is 5. The number of piperidine rings is 1. The van der Waals surface area contributed by atoms with Crippen LogP contribution in [0.15, 0.2) is 33.5 Å². The van der Waals surface area contributed by atoms with Crippen molar-refractivity contribution in [3.05, 3.63) is 44.7 Å². The van der Waals surface area contributed by atoms with Gasteiger partial charge in [0.25, 0.3) is 5.56 Å². The molecule has 1 saturated heterocycles. The third kappa shape index (κ3) is 4.05. The maximum Gasteiger partial charge on any atom is 0.258 e. The van der Waals surface area contributed by atoms with Gasteiger partial charge in [0.15, 0.2) is 0 Å². The molecular formula is C20H22BrN5O3. The van der Waals surface area contributed by atoms with Crippen LogP contribution in [-0.2, 0) is 9.59 Å². The molecule has 1 fully saturated rings. The van der Waals surface area contributed by atoms with Gasteiger partial charge >= 0.3 is 0 Å². The molecule has 9 heteroatoms. The van der Waals surface area contributed by atoms with Crippen molar-refractivity contribution in [3.63, 3.8) is 0 Å². The summed E-state index contributed by atoms with van der Waals surface area (Å²) in [5, 5.41) is 5.45. The molecule has 2 aromatic rings. The Bertz CT molecular complexity index is 1000. The molecule has 152 valence electrons. The lowest BCUT2D eigenvalue weighted by atomic mass is 9.92. The fourth-order valence-electron chi connectivity index (χ4n) is 3.89. The molecule has 2 atom stereocenters. The van der Waals surface area contributed by atoms with Crippen molar-refractivity contribution in [2.24, 2.45) is 0 Å². The van der Waals surface area contributed by atoms with Gasteiger partial charge in [-0.3, -0.25) is 19.4 Å². The Morgan fingerprint density at radius 3 is 2.72 bits per heavy atom. The van der Waals surface area contributed by atoms with Gasteiger partial charge in [-0.15, -0.1) is 0 Å². The Morgan fingerprint density at radius 1 is 1.24 bits per heavy atom. The molecule has 2 unspecified atom stereocenters. The van der Waals surface area contributed by atoms with Crippen LogP contribution in [0.1, 0.15) is 44.1 Å². The van der Waals surface area contributed by atoms with Gasteiger partial charge in [-0.25, -0.2) is 0 Å². The van der Waals surface area contributed by atoms with Crippen molar-refractivity contribution in [2.75, 3.05) is 22.1 Å². The SMILES string of the molecule is CC1CCCCN1c1nc2c(c(=O)[nH]1)C(C(=O)Nc1ccc(Br)cc1)CC(=O)N2. The first-order chi connectivity index (χ1) is 13.9. The number of carbonyl (C=O) groups is 2. The van der Waals surface area contributed by atoms with Gasteiger partial charge in [0.2, 0.25) is 17.8 Å². The highest BCUT2D eigenvalue weighted by atomic mass is 79.9. The summed E-state index contributed by atoms with van der Waals surface area (Å²) < 4.78 is 0.887. The number of aromatic amines is 1. The minimum atomic E-state index is -0.897. The van der Waals surface area contributed by atoms with Crippen molar-refractivity contribution >= 4 is 45.2 Å². The molecule has 0 radical (unpaired) electrons. The Morgan fingerprint density at radius 2 is 2.00 bits per heavy atom. The molecular weight excluding hydrogens is 438 g/mol. The van der Waals surface area contributed by atoms with E-state index < -0.39 is 17.4 Å². The average Bonchev–Trinajstić information content (AvgIpc) is 2.69. The van der Waals surface area contributed by atoms with Gasteiger partial charge in [0, 0.05) is 29.2 Å². The number of nitrogens with one attached hydrogen (secondary N) is 3. The van der Waals surface area contributed by atoms with Crippen LogP contribution in [0.5, 0.6) is 0 Å². The van der Waals surface area contributed by atoms with E-state index in [-0.39, 0.29) is 29.8 Å². The number of H-pyrrole nitrogens is 1. The third-order valence-electron chi connectivity index (χ3n) is 5.44. The number of fused-ring (bicyclic) bond motifs is 1. The second kappa shape index (κ2) is 7.98. The number of halogens is 1. The van der Waals surface area contributed by atoms with Gasteiger partial charge in [-0.2, -0.15) is 4.98 Å². The number of benzene rings is 1. The molecule has 4 rings (SSSR count). The fourth-order valence-corrected chi connectivity index (χ4v) is 4.16. The van der Waals surface area contributed by atoms with Gasteiger partial charge < -0.3 is 15.5 Å². The Labute approximate surface area is 176 Å². The van der Waals surface area contributed by atoms with Crippen LogP contribution in [0.2, 0.25) is 0 Å². The summed E-state index contributed by atoms with van der Waals surface area (Å²) in [5.74, 6) is -1.02. The van der Waals surface area contributed by atoms with E-state index in [9.17, 15) is 14.4 Å². The smallest absolute Gasteiger partial charge is 0.258 e. The number of anilines is 3. The van der Waals surface area contributed by atoms with Crippen LogP contribution >= 0.6 is 15.9 Å². The molecule has 3 N–H and O–H groups in total. The second-order valence-electron chi connectivity index (χ2n) is 7.49. The molecule has 1 aromatic carbocycles. The molecule has 1 aromatic heterocycles. The number of hydrogen-bond donors (Lipinski definition) is 3. The van der Waals surface area contributed by atoms with Crippen LogP contribution < -0.4 is 21.1 Å². The van der Waals surface area contributed by atoms with Gasteiger partial charge in [-0.1, -0.05) is 15.9 Å². The Kier molecular flexibility index (Phi) is 5.40. The van der Waals surface area contributed by atoms with E-state index in [1.807, 2.05) is 4.90 Å². The Balaban J connectivity index is 1.65. The summed E-state index contributed by atoms with van der Waals surface area (Å²) >= 11 is 3.35. The first-order valence-corrected chi connectivity index (χ1v) is 10.5. The number of aromatic nitrogens is 2. The second-order valence-corrected chi connectivity index (χ2v) is 8.41. The van der Waals surface area contributed by atoms with E-state index in [0.717, 1.165) is 30.3 Å². The summed E-state index contributed by atoms with van der Waals surface area (Å²) in [4.78, 5) is 47.4. The van der Waals surface area contributed by atoms with Crippen molar-refractivity contribution in [3.8, 4) is 0 Å². The van der Waals surface area contributed by atoms with E-state index in [0.29, 0.717) is 11.6 Å². The highest BCUT2D eigenvalue weighted by Gasteiger charge is 2.35. The normalized spacial score (nSPS) is 21.3. The summed E-state index contributed by atoms with van der Waals surface area (Å²) in [6.45, 7) is 2.88. The lowest BCUT2D eigenvalue weighted by molar-refractivity contribution is -0.123. The van der Waals surface area contributed by atoms with E-state index >= 15 is 0 Å². The van der Waals surface area contributed by atoms with Crippen molar-refractivity contribution in [1.29, 1.82) is 0 Å². The largest absolute Gasteiger partial charge is 0.340 e. The van der Waals surface area contributed by atoms with E-state index in [1.54, 1.807) is 24.3 Å². The first-order valence-electron chi connectivity index (χ1n) is 9.69. The lowest BCUT2D eigenvalue weighted by Crippen LogP contribution is -2.41. The molecule has 8 nitrogen and oxygen atoms in total. The fraction of sp³-hybridized carbons (Fsp3) is 0.400. The third-order valence-corrected chi connectivity index (χ3v) is 5.97. The lowest BCUT2D eigenvalue weighted by Gasteiger charge is -2.34. The average molecular weight is 460 g/mol. The summed E-state index contributed by atoms with van der Waals surface area (Å²) in [6, 6.07) is 7.35. The standard InChI is InChI=1S/C20H22BrN5O3/c1-11-4-2-3-9-26(11)20-24-17-16(19(29)25-20)14(10-15(27)23-17)18(28)22-13-7-5-12(21)6-8-13/h5-8,11,14H,2-4,9-10H2,1H3,(H,22,28)(H2,23,24,25,27,29). The van der Waals surface area contributed by atoms with Crippen LogP contribution in [-0.4, -0.2) is 34.4 Å². The molecule has 0 spiro atoms. The molecule has 2 amide bonds. The topological polar surface area (TPSA) is 107 Å². The van der Waals surface area contributed by atoms with Crippen molar-refractivity contribution < 1.29 is 9.59 Å². The highest BCUT2D eigenvalue weighted by molar-refractivity contribution is 9.10. The van der Waals surface area contributed by atoms with E-state index in [1.165, 1.54) is 0 Å². The predicted molar refractivity (Wildman–Crippen MR) is 114 cm³/mol. The van der Waals surface area contributed by atoms with Crippen LogP contribution in [0.25, 0.3) is 0 Å². The quantitative estimate of drug-likeness (QED) is 0.653. The van der Waals surface area contributed by atoms with Gasteiger partial charge in [0.05, 0.1) is 11.5 Å². The minimum Gasteiger partial charge on any atom is -0.340 e. The summed E-state index contributed by atoms with van der Waals surface area (Å²) in [7, 11) is 0. The molecule has 0 saturated carbocycles. The van der Waals surface area contributed by atoms with E-state index in [2.05, 4.69) is 43.5 Å². The zero-order valence-electron chi connectivity index (χ0n) is 16.0. The van der Waals surface area contributed by atoms with Gasteiger partial charge in [0.1, 0.15) is 5.82 Å². The number of nitrogens with zero attached hydrogens (tertiary/aromatic N) is 2. The number of rotatable bonds is 3. The monoisotopic (exact) mass is 459 g/mol. The van der Waals surface area contributed by atoms with Crippen LogP contribution in [0.4, 0.5) is 17.5 Å². The molecule has 0 bridgehead atoms. The van der Waals surface area contributed by atoms with Crippen LogP contribution in [0.3, 0.4) is 0 Å². The molecule has 3 heterocycles. The summed E-state index contributed by atoms with van der Waals surface area (Å²) in [5.41, 5.74) is 0.403. The molecule has 2 aliphatic heterocycles. The summed E-state index contributed by atoms with van der Waals surface area (Å²) in [6.07, 6.45) is 3.09. The minimum absolute atomic E-state index is 0.0976. The Hall–Kier alpha value is -2.68. The molecule has 2 aliphatic rings. The van der Waals surface area contributed by atoms with E-state index in [4.69, 9.17) is 0 Å². The van der Waals surface area contributed by atoms with Crippen molar-refractivity contribution in [1.82, 2.24) is 9.97 Å². The maximum atomic E-state index is 12.9. The maximum absolute atomic E-state index is 12.9. The number of amides is 2. The van der Waals surface area contributed by atoms with Gasteiger partial charge in [-0.05, 0) is 50.5 Å². The van der Waals surface area contributed by atoms with Crippen LogP contribution in [0, 0.1) is 0 Å². The number of carbonyl (C=O) groups excluding carboxylic acids is 2. The molecule has 0 aliphatic carbocycles. The first kappa shape index (κ1) is 19.6. The zero-order chi connectivity index (χ0) is 20.5. The predicted octanol–water partition coefficient (Wildman–Crippen LogP) is 2.98. The highest BCUT2D eigenvalue weighted by Crippen LogP contribution is 2.31. The zero-order valence-corrected chi connectivity index (χ0v) is 17.6. The van der Waals surface area contributed by atoms with Crippen molar-refractivity contribution in [2.45, 2.75) is 44.6 Å².